The summed E-state index contributed by atoms with van der Waals surface area (Å²) < 4.78 is 85.4. The molecule has 2 aromatic carbocycles. The standard InChI is InChI=1S/C25H25F4N3O4S/c1-32(15-19-11-21(14-30-13-19)25(27,28)29)37(34,35)17-22(12-20-9-5-6-10-23(20)26)31-24(33)36-16-18-7-3-2-4-8-18/h2-11,13-14,22H,12,15-17H2,1H3,(H,31,33). The maximum Gasteiger partial charge on any atom is 0.417 e. The van der Waals surface area contributed by atoms with E-state index in [0.717, 1.165) is 16.6 Å². The Kier molecular flexibility index (Phi) is 9.22. The van der Waals surface area contributed by atoms with Crippen molar-refractivity contribution in [3.8, 4) is 0 Å². The van der Waals surface area contributed by atoms with Gasteiger partial charge in [0.1, 0.15) is 12.4 Å². The van der Waals surface area contributed by atoms with Crippen LogP contribution in [0, 0.1) is 5.82 Å². The van der Waals surface area contributed by atoms with E-state index in [1.54, 1.807) is 36.4 Å². The van der Waals surface area contributed by atoms with Gasteiger partial charge in [0.2, 0.25) is 10.0 Å². The SMILES string of the molecule is CN(Cc1cncc(C(F)(F)F)c1)S(=O)(=O)CC(Cc1ccccc1F)NC(=O)OCc1ccccc1. The maximum atomic E-state index is 14.3. The Morgan fingerprint density at radius 2 is 1.73 bits per heavy atom. The van der Waals surface area contributed by atoms with Crippen molar-refractivity contribution in [2.75, 3.05) is 12.8 Å². The number of alkyl carbamates (subject to hydrolysis) is 1. The molecular formula is C25H25F4N3O4S. The van der Waals surface area contributed by atoms with Crippen LogP contribution >= 0.6 is 0 Å². The molecular weight excluding hydrogens is 514 g/mol. The molecule has 3 rings (SSSR count). The molecule has 1 atom stereocenters. The third-order valence-corrected chi connectivity index (χ3v) is 7.28. The number of sulfonamides is 1. The van der Waals surface area contributed by atoms with Crippen LogP contribution < -0.4 is 5.32 Å². The number of benzene rings is 2. The summed E-state index contributed by atoms with van der Waals surface area (Å²) in [5.41, 5.74) is -0.0843. The van der Waals surface area contributed by atoms with E-state index < -0.39 is 45.5 Å². The third-order valence-electron chi connectivity index (χ3n) is 5.37. The normalized spacial score (nSPS) is 12.8. The van der Waals surface area contributed by atoms with Gasteiger partial charge in [-0.15, -0.1) is 0 Å². The molecule has 0 aliphatic rings. The zero-order valence-corrected chi connectivity index (χ0v) is 20.6. The average molecular weight is 540 g/mol. The number of carbonyl (C=O) groups excluding carboxylic acids is 1. The minimum absolute atomic E-state index is 0.0294. The highest BCUT2D eigenvalue weighted by molar-refractivity contribution is 7.89. The third kappa shape index (κ3) is 8.53. The lowest BCUT2D eigenvalue weighted by Gasteiger charge is -2.23. The van der Waals surface area contributed by atoms with Crippen LogP contribution in [0.15, 0.2) is 73.1 Å². The van der Waals surface area contributed by atoms with E-state index in [2.05, 4.69) is 10.3 Å². The second-order valence-electron chi connectivity index (χ2n) is 8.31. The second kappa shape index (κ2) is 12.2. The minimum Gasteiger partial charge on any atom is -0.445 e. The second-order valence-corrected chi connectivity index (χ2v) is 10.4. The van der Waals surface area contributed by atoms with Crippen molar-refractivity contribution in [3.05, 3.63) is 101 Å². The predicted octanol–water partition coefficient (Wildman–Crippen LogP) is 4.54. The molecule has 0 aliphatic heterocycles. The number of nitrogens with one attached hydrogen (secondary N) is 1. The molecule has 1 unspecified atom stereocenters. The molecule has 37 heavy (non-hydrogen) atoms. The van der Waals surface area contributed by atoms with Crippen molar-refractivity contribution in [1.82, 2.24) is 14.6 Å². The van der Waals surface area contributed by atoms with Gasteiger partial charge in [0, 0.05) is 26.0 Å². The van der Waals surface area contributed by atoms with Crippen molar-refractivity contribution in [3.63, 3.8) is 0 Å². The molecule has 12 heteroatoms. The van der Waals surface area contributed by atoms with Gasteiger partial charge in [-0.05, 0) is 35.2 Å². The minimum atomic E-state index is -4.63. The lowest BCUT2D eigenvalue weighted by Crippen LogP contribution is -2.44. The molecule has 0 saturated heterocycles. The fourth-order valence-electron chi connectivity index (χ4n) is 3.48. The number of amides is 1. The number of carbonyl (C=O) groups is 1. The first kappa shape index (κ1) is 28.1. The molecule has 7 nitrogen and oxygen atoms in total. The van der Waals surface area contributed by atoms with Gasteiger partial charge in [-0.25, -0.2) is 21.9 Å². The van der Waals surface area contributed by atoms with E-state index in [1.807, 2.05) is 0 Å². The number of aromatic nitrogens is 1. The van der Waals surface area contributed by atoms with Gasteiger partial charge < -0.3 is 10.1 Å². The molecule has 0 radical (unpaired) electrons. The number of hydrogen-bond acceptors (Lipinski definition) is 5. The Bertz CT molecular complexity index is 1300. The first-order valence-corrected chi connectivity index (χ1v) is 12.7. The lowest BCUT2D eigenvalue weighted by molar-refractivity contribution is -0.137. The monoisotopic (exact) mass is 539 g/mol. The number of pyridine rings is 1. The largest absolute Gasteiger partial charge is 0.445 e. The molecule has 0 spiro atoms. The summed E-state index contributed by atoms with van der Waals surface area (Å²) in [6.07, 6.45) is -3.91. The highest BCUT2D eigenvalue weighted by atomic mass is 32.2. The Hall–Kier alpha value is -3.51. The van der Waals surface area contributed by atoms with Gasteiger partial charge in [0.05, 0.1) is 17.4 Å². The molecule has 1 heterocycles. The summed E-state index contributed by atoms with van der Waals surface area (Å²) in [6, 6.07) is 14.3. The number of nitrogens with zero attached hydrogens (tertiary/aromatic N) is 2. The molecule has 198 valence electrons. The molecule has 0 fully saturated rings. The molecule has 1 N–H and O–H groups in total. The summed E-state index contributed by atoms with van der Waals surface area (Å²) in [6.45, 7) is -0.446. The van der Waals surface area contributed by atoms with Crippen LogP contribution in [0.1, 0.15) is 22.3 Å². The summed E-state index contributed by atoms with van der Waals surface area (Å²) >= 11 is 0. The first-order valence-electron chi connectivity index (χ1n) is 11.1. The van der Waals surface area contributed by atoms with Gasteiger partial charge in [0.25, 0.3) is 0 Å². The van der Waals surface area contributed by atoms with Crippen LogP contribution in [0.5, 0.6) is 0 Å². The fourth-order valence-corrected chi connectivity index (χ4v) is 4.79. The Morgan fingerprint density at radius 1 is 1.05 bits per heavy atom. The van der Waals surface area contributed by atoms with Crippen molar-refractivity contribution in [2.24, 2.45) is 0 Å². The zero-order valence-electron chi connectivity index (χ0n) is 19.8. The molecule has 0 saturated carbocycles. The fraction of sp³-hybridized carbons (Fsp3) is 0.280. The van der Waals surface area contributed by atoms with Crippen molar-refractivity contribution < 1.29 is 35.5 Å². The Morgan fingerprint density at radius 3 is 2.41 bits per heavy atom. The predicted molar refractivity (Wildman–Crippen MR) is 128 cm³/mol. The van der Waals surface area contributed by atoms with Gasteiger partial charge in [-0.3, -0.25) is 4.98 Å². The average Bonchev–Trinajstić information content (AvgIpc) is 2.84. The Labute approximate surface area is 212 Å². The molecule has 1 amide bonds. The van der Waals surface area contributed by atoms with Crippen LogP contribution in [0.25, 0.3) is 0 Å². The van der Waals surface area contributed by atoms with E-state index in [0.29, 0.717) is 11.8 Å². The number of ether oxygens (including phenoxy) is 1. The molecule has 3 aromatic rings. The van der Waals surface area contributed by atoms with E-state index >= 15 is 0 Å². The summed E-state index contributed by atoms with van der Waals surface area (Å²) in [4.78, 5) is 16.0. The first-order chi connectivity index (χ1) is 17.4. The quantitative estimate of drug-likeness (QED) is 0.383. The smallest absolute Gasteiger partial charge is 0.417 e. The number of alkyl halides is 3. The summed E-state index contributed by atoms with van der Waals surface area (Å²) in [5.74, 6) is -1.22. The van der Waals surface area contributed by atoms with Gasteiger partial charge in [0.15, 0.2) is 0 Å². The van der Waals surface area contributed by atoms with E-state index in [9.17, 15) is 30.8 Å². The van der Waals surface area contributed by atoms with Crippen molar-refractivity contribution >= 4 is 16.1 Å². The zero-order chi connectivity index (χ0) is 27.1. The van der Waals surface area contributed by atoms with E-state index in [1.165, 1.54) is 25.2 Å². The summed E-state index contributed by atoms with van der Waals surface area (Å²) in [7, 11) is -2.92. The van der Waals surface area contributed by atoms with Crippen LogP contribution in [-0.2, 0) is 40.5 Å². The highest BCUT2D eigenvalue weighted by Gasteiger charge is 2.32. The van der Waals surface area contributed by atoms with Gasteiger partial charge >= 0.3 is 12.3 Å². The van der Waals surface area contributed by atoms with Crippen LogP contribution in [0.3, 0.4) is 0 Å². The van der Waals surface area contributed by atoms with Crippen molar-refractivity contribution in [2.45, 2.75) is 31.8 Å². The van der Waals surface area contributed by atoms with Crippen molar-refractivity contribution in [1.29, 1.82) is 0 Å². The van der Waals surface area contributed by atoms with Crippen LogP contribution in [-0.4, -0.2) is 42.6 Å². The van der Waals surface area contributed by atoms with Crippen LogP contribution in [0.2, 0.25) is 0 Å². The van der Waals surface area contributed by atoms with Crippen LogP contribution in [0.4, 0.5) is 22.4 Å². The maximum absolute atomic E-state index is 14.3. The van der Waals surface area contributed by atoms with Gasteiger partial charge in [-0.1, -0.05) is 48.5 Å². The molecule has 1 aromatic heterocycles. The summed E-state index contributed by atoms with van der Waals surface area (Å²) in [5, 5.41) is 2.47. The van der Waals surface area contributed by atoms with E-state index in [4.69, 9.17) is 4.74 Å². The Balaban J connectivity index is 1.73. The lowest BCUT2D eigenvalue weighted by atomic mass is 10.1. The number of halogens is 4. The highest BCUT2D eigenvalue weighted by Crippen LogP contribution is 2.29. The van der Waals surface area contributed by atoms with Gasteiger partial charge in [-0.2, -0.15) is 13.2 Å². The topological polar surface area (TPSA) is 88.6 Å². The molecule has 0 bridgehead atoms. The molecule has 0 aliphatic carbocycles. The number of rotatable bonds is 10. The van der Waals surface area contributed by atoms with E-state index in [-0.39, 0.29) is 30.7 Å². The number of hydrogen-bond donors (Lipinski definition) is 1.